The van der Waals surface area contributed by atoms with E-state index in [0.717, 1.165) is 31.7 Å². The number of rotatable bonds is 4. The van der Waals surface area contributed by atoms with Crippen molar-refractivity contribution < 1.29 is 4.79 Å². The molecular formula is C16H25N3O. The predicted octanol–water partition coefficient (Wildman–Crippen LogP) is 1.55. The molecule has 1 heterocycles. The van der Waals surface area contributed by atoms with Crippen LogP contribution in [0.1, 0.15) is 32.4 Å². The zero-order valence-corrected chi connectivity index (χ0v) is 12.6. The third-order valence-electron chi connectivity index (χ3n) is 4.11. The van der Waals surface area contributed by atoms with Crippen LogP contribution < -0.4 is 10.6 Å². The average molecular weight is 275 g/mol. The van der Waals surface area contributed by atoms with E-state index in [1.54, 1.807) is 0 Å². The van der Waals surface area contributed by atoms with Gasteiger partial charge < -0.3 is 10.6 Å². The summed E-state index contributed by atoms with van der Waals surface area (Å²) in [6, 6.07) is 10.1. The van der Waals surface area contributed by atoms with Crippen molar-refractivity contribution in [2.24, 2.45) is 0 Å². The lowest BCUT2D eigenvalue weighted by molar-refractivity contribution is -0.132. The molecule has 0 bridgehead atoms. The Morgan fingerprint density at radius 1 is 1.25 bits per heavy atom. The normalized spacial score (nSPS) is 18.6. The Morgan fingerprint density at radius 3 is 2.45 bits per heavy atom. The van der Waals surface area contributed by atoms with Gasteiger partial charge in [-0.3, -0.25) is 9.69 Å². The molecule has 0 saturated carbocycles. The minimum atomic E-state index is -0.467. The third-order valence-corrected chi connectivity index (χ3v) is 4.11. The lowest BCUT2D eigenvalue weighted by atomic mass is 9.99. The number of piperazine rings is 1. The first kappa shape index (κ1) is 15.0. The second kappa shape index (κ2) is 6.37. The lowest BCUT2D eigenvalue weighted by Crippen LogP contribution is -2.60. The second-order valence-electron chi connectivity index (χ2n) is 5.90. The number of hydrogen-bond donors (Lipinski definition) is 2. The van der Waals surface area contributed by atoms with E-state index in [9.17, 15) is 4.79 Å². The van der Waals surface area contributed by atoms with Crippen molar-refractivity contribution in [1.29, 1.82) is 0 Å². The molecule has 0 unspecified atom stereocenters. The monoisotopic (exact) mass is 275 g/mol. The SMILES string of the molecule is C[C@@H](NC(=O)C(C)(C)N1CCNCC1)c1ccccc1. The van der Waals surface area contributed by atoms with Crippen molar-refractivity contribution in [1.82, 2.24) is 15.5 Å². The first-order chi connectivity index (χ1) is 9.51. The van der Waals surface area contributed by atoms with Crippen molar-refractivity contribution in [2.75, 3.05) is 26.2 Å². The van der Waals surface area contributed by atoms with Crippen LogP contribution in [-0.2, 0) is 4.79 Å². The van der Waals surface area contributed by atoms with Gasteiger partial charge in [0.25, 0.3) is 0 Å². The maximum Gasteiger partial charge on any atom is 0.240 e. The van der Waals surface area contributed by atoms with Crippen LogP contribution in [0.25, 0.3) is 0 Å². The summed E-state index contributed by atoms with van der Waals surface area (Å²) in [5.74, 6) is 0.0933. The average Bonchev–Trinajstić information content (AvgIpc) is 2.49. The van der Waals surface area contributed by atoms with E-state index in [-0.39, 0.29) is 11.9 Å². The van der Waals surface area contributed by atoms with Crippen LogP contribution in [0.4, 0.5) is 0 Å². The van der Waals surface area contributed by atoms with Gasteiger partial charge in [-0.1, -0.05) is 30.3 Å². The lowest BCUT2D eigenvalue weighted by Gasteiger charge is -2.40. The van der Waals surface area contributed by atoms with Crippen molar-refractivity contribution in [3.63, 3.8) is 0 Å². The van der Waals surface area contributed by atoms with Crippen molar-refractivity contribution in [2.45, 2.75) is 32.4 Å². The smallest absolute Gasteiger partial charge is 0.240 e. The molecule has 0 aromatic heterocycles. The van der Waals surface area contributed by atoms with E-state index in [2.05, 4.69) is 15.5 Å². The van der Waals surface area contributed by atoms with Crippen molar-refractivity contribution >= 4 is 5.91 Å². The quantitative estimate of drug-likeness (QED) is 0.876. The molecule has 4 heteroatoms. The van der Waals surface area contributed by atoms with Crippen LogP contribution in [0, 0.1) is 0 Å². The van der Waals surface area contributed by atoms with Gasteiger partial charge in [0.2, 0.25) is 5.91 Å². The molecule has 2 rings (SSSR count). The van der Waals surface area contributed by atoms with E-state index in [0.29, 0.717) is 0 Å². The molecule has 0 radical (unpaired) electrons. The van der Waals surface area contributed by atoms with E-state index < -0.39 is 5.54 Å². The Kier molecular flexibility index (Phi) is 4.78. The Morgan fingerprint density at radius 2 is 1.85 bits per heavy atom. The maximum absolute atomic E-state index is 12.6. The predicted molar refractivity (Wildman–Crippen MR) is 81.5 cm³/mol. The molecule has 2 N–H and O–H groups in total. The molecule has 20 heavy (non-hydrogen) atoms. The highest BCUT2D eigenvalue weighted by atomic mass is 16.2. The van der Waals surface area contributed by atoms with Gasteiger partial charge in [-0.15, -0.1) is 0 Å². The molecular weight excluding hydrogens is 250 g/mol. The second-order valence-corrected chi connectivity index (χ2v) is 5.90. The van der Waals surface area contributed by atoms with E-state index in [4.69, 9.17) is 0 Å². The number of benzene rings is 1. The molecule has 1 aliphatic rings. The Balaban J connectivity index is 1.99. The summed E-state index contributed by atoms with van der Waals surface area (Å²) < 4.78 is 0. The van der Waals surface area contributed by atoms with Crippen LogP contribution in [0.3, 0.4) is 0 Å². The molecule has 4 nitrogen and oxygen atoms in total. The number of carbonyl (C=O) groups is 1. The summed E-state index contributed by atoms with van der Waals surface area (Å²) in [5, 5.41) is 6.45. The van der Waals surface area contributed by atoms with Crippen LogP contribution in [-0.4, -0.2) is 42.5 Å². The van der Waals surface area contributed by atoms with Gasteiger partial charge in [-0.25, -0.2) is 0 Å². The molecule has 0 spiro atoms. The number of carbonyl (C=O) groups excluding carboxylic acids is 1. The molecule has 1 aromatic carbocycles. The fourth-order valence-corrected chi connectivity index (χ4v) is 2.57. The summed E-state index contributed by atoms with van der Waals surface area (Å²) in [6.45, 7) is 9.77. The van der Waals surface area contributed by atoms with Gasteiger partial charge in [0.1, 0.15) is 0 Å². The van der Waals surface area contributed by atoms with Gasteiger partial charge in [-0.05, 0) is 26.3 Å². The van der Waals surface area contributed by atoms with Gasteiger partial charge in [0.05, 0.1) is 11.6 Å². The molecule has 1 saturated heterocycles. The van der Waals surface area contributed by atoms with Crippen LogP contribution in [0.15, 0.2) is 30.3 Å². The van der Waals surface area contributed by atoms with Gasteiger partial charge >= 0.3 is 0 Å². The third kappa shape index (κ3) is 3.38. The number of hydrogen-bond acceptors (Lipinski definition) is 3. The van der Waals surface area contributed by atoms with Crippen LogP contribution >= 0.6 is 0 Å². The van der Waals surface area contributed by atoms with Gasteiger partial charge in [0, 0.05) is 26.2 Å². The minimum absolute atomic E-state index is 0.0332. The zero-order valence-electron chi connectivity index (χ0n) is 12.6. The minimum Gasteiger partial charge on any atom is -0.348 e. The van der Waals surface area contributed by atoms with Gasteiger partial charge in [-0.2, -0.15) is 0 Å². The number of amides is 1. The summed E-state index contributed by atoms with van der Waals surface area (Å²) >= 11 is 0. The Labute approximate surface area is 121 Å². The molecule has 110 valence electrons. The Bertz CT molecular complexity index is 438. The number of nitrogens with one attached hydrogen (secondary N) is 2. The Hall–Kier alpha value is -1.39. The first-order valence-electron chi connectivity index (χ1n) is 7.33. The van der Waals surface area contributed by atoms with Crippen LogP contribution in [0.2, 0.25) is 0 Å². The summed E-state index contributed by atoms with van der Waals surface area (Å²) in [4.78, 5) is 14.8. The van der Waals surface area contributed by atoms with E-state index in [1.165, 1.54) is 0 Å². The standard InChI is InChI=1S/C16H25N3O/c1-13(14-7-5-4-6-8-14)18-15(20)16(2,3)19-11-9-17-10-12-19/h4-8,13,17H,9-12H2,1-3H3,(H,18,20)/t13-/m1/s1. The molecule has 1 atom stereocenters. The zero-order chi connectivity index (χ0) is 14.6. The topological polar surface area (TPSA) is 44.4 Å². The highest BCUT2D eigenvalue weighted by molar-refractivity contribution is 5.85. The fraction of sp³-hybridized carbons (Fsp3) is 0.562. The highest BCUT2D eigenvalue weighted by Crippen LogP contribution is 2.18. The fourth-order valence-electron chi connectivity index (χ4n) is 2.57. The molecule has 1 aliphatic heterocycles. The first-order valence-corrected chi connectivity index (χ1v) is 7.33. The molecule has 0 aliphatic carbocycles. The number of nitrogens with zero attached hydrogens (tertiary/aromatic N) is 1. The summed E-state index contributed by atoms with van der Waals surface area (Å²) in [6.07, 6.45) is 0. The van der Waals surface area contributed by atoms with Crippen molar-refractivity contribution in [3.8, 4) is 0 Å². The molecule has 1 aromatic rings. The van der Waals surface area contributed by atoms with E-state index in [1.807, 2.05) is 51.1 Å². The molecule has 1 amide bonds. The maximum atomic E-state index is 12.6. The highest BCUT2D eigenvalue weighted by Gasteiger charge is 2.35. The van der Waals surface area contributed by atoms with Gasteiger partial charge in [0.15, 0.2) is 0 Å². The van der Waals surface area contributed by atoms with E-state index >= 15 is 0 Å². The molecule has 1 fully saturated rings. The van der Waals surface area contributed by atoms with Crippen molar-refractivity contribution in [3.05, 3.63) is 35.9 Å². The summed E-state index contributed by atoms with van der Waals surface area (Å²) in [5.41, 5.74) is 0.669. The van der Waals surface area contributed by atoms with Crippen LogP contribution in [0.5, 0.6) is 0 Å². The largest absolute Gasteiger partial charge is 0.348 e. The summed E-state index contributed by atoms with van der Waals surface area (Å²) in [7, 11) is 0.